The molecule has 0 bridgehead atoms. The second-order valence-corrected chi connectivity index (χ2v) is 6.47. The summed E-state index contributed by atoms with van der Waals surface area (Å²) in [4.78, 5) is 3.90. The van der Waals surface area contributed by atoms with Crippen molar-refractivity contribution < 1.29 is 0 Å². The summed E-state index contributed by atoms with van der Waals surface area (Å²) in [6, 6.07) is 6.26. The zero-order valence-electron chi connectivity index (χ0n) is 11.6. The van der Waals surface area contributed by atoms with E-state index in [1.54, 1.807) is 11.8 Å². The van der Waals surface area contributed by atoms with Crippen molar-refractivity contribution in [3.8, 4) is 0 Å². The van der Waals surface area contributed by atoms with Crippen LogP contribution < -0.4 is 10.6 Å². The Labute approximate surface area is 120 Å². The number of anilines is 1. The summed E-state index contributed by atoms with van der Waals surface area (Å²) in [7, 11) is 2.09. The fourth-order valence-electron chi connectivity index (χ4n) is 2.01. The Kier molecular flexibility index (Phi) is 5.96. The summed E-state index contributed by atoms with van der Waals surface area (Å²) in [5, 5.41) is 0. The van der Waals surface area contributed by atoms with E-state index in [1.807, 2.05) is 0 Å². The molecule has 0 saturated heterocycles. The van der Waals surface area contributed by atoms with Gasteiger partial charge in [0.15, 0.2) is 0 Å². The van der Waals surface area contributed by atoms with Crippen LogP contribution in [0.4, 0.5) is 5.69 Å². The molecule has 1 rings (SSSR count). The van der Waals surface area contributed by atoms with Crippen LogP contribution in [0.2, 0.25) is 0 Å². The molecule has 0 saturated carbocycles. The predicted octanol–water partition coefficient (Wildman–Crippen LogP) is 3.53. The monoisotopic (exact) mass is 282 g/mol. The first-order chi connectivity index (χ1) is 8.47. The highest BCUT2D eigenvalue weighted by Crippen LogP contribution is 2.30. The number of nitrogens with zero attached hydrogens (tertiary/aromatic N) is 1. The number of rotatable bonds is 6. The second-order valence-electron chi connectivity index (χ2n) is 4.72. The normalized spacial score (nSPS) is 10.7. The van der Waals surface area contributed by atoms with E-state index in [4.69, 9.17) is 18.0 Å². The van der Waals surface area contributed by atoms with Gasteiger partial charge in [0.2, 0.25) is 0 Å². The molecule has 0 amide bonds. The molecule has 0 spiro atoms. The highest BCUT2D eigenvalue weighted by Gasteiger charge is 2.14. The maximum Gasteiger partial charge on any atom is 0.107 e. The van der Waals surface area contributed by atoms with Crippen LogP contribution in [0, 0.1) is 5.92 Å². The van der Waals surface area contributed by atoms with Gasteiger partial charge in [-0.1, -0.05) is 39.1 Å². The van der Waals surface area contributed by atoms with E-state index in [0.717, 1.165) is 23.5 Å². The third-order valence-corrected chi connectivity index (χ3v) is 3.74. The first kappa shape index (κ1) is 15.3. The van der Waals surface area contributed by atoms with Gasteiger partial charge in [0.25, 0.3) is 0 Å². The maximum absolute atomic E-state index is 5.91. The quantitative estimate of drug-likeness (QED) is 0.638. The third kappa shape index (κ3) is 3.89. The van der Waals surface area contributed by atoms with Gasteiger partial charge in [-0.15, -0.1) is 11.8 Å². The van der Waals surface area contributed by atoms with E-state index < -0.39 is 0 Å². The molecule has 2 N–H and O–H groups in total. The van der Waals surface area contributed by atoms with E-state index in [9.17, 15) is 0 Å². The van der Waals surface area contributed by atoms with Gasteiger partial charge in [0, 0.05) is 29.7 Å². The highest BCUT2D eigenvalue weighted by atomic mass is 32.2. The van der Waals surface area contributed by atoms with Gasteiger partial charge in [-0.25, -0.2) is 0 Å². The molecule has 18 heavy (non-hydrogen) atoms. The summed E-state index contributed by atoms with van der Waals surface area (Å²) in [6.07, 6.45) is 0. The minimum absolute atomic E-state index is 0.483. The van der Waals surface area contributed by atoms with Crippen molar-refractivity contribution in [2.45, 2.75) is 25.7 Å². The maximum atomic E-state index is 5.91. The van der Waals surface area contributed by atoms with E-state index in [1.165, 1.54) is 4.90 Å². The lowest BCUT2D eigenvalue weighted by Gasteiger charge is -2.25. The van der Waals surface area contributed by atoms with Crippen LogP contribution in [-0.2, 0) is 0 Å². The number of hydrogen-bond donors (Lipinski definition) is 1. The van der Waals surface area contributed by atoms with Crippen molar-refractivity contribution in [1.82, 2.24) is 0 Å². The number of hydrogen-bond acceptors (Lipinski definition) is 3. The van der Waals surface area contributed by atoms with Crippen molar-refractivity contribution in [3.05, 3.63) is 23.8 Å². The second kappa shape index (κ2) is 7.00. The summed E-state index contributed by atoms with van der Waals surface area (Å²) in [5.74, 6) is 1.63. The first-order valence-corrected chi connectivity index (χ1v) is 7.63. The number of thiocarbonyl (C=S) groups is 1. The zero-order valence-corrected chi connectivity index (χ0v) is 13.2. The van der Waals surface area contributed by atoms with Crippen LogP contribution in [0.25, 0.3) is 0 Å². The molecule has 0 aromatic heterocycles. The molecule has 1 aromatic rings. The predicted molar refractivity (Wildman–Crippen MR) is 86.8 cm³/mol. The van der Waals surface area contributed by atoms with Gasteiger partial charge in [-0.2, -0.15) is 0 Å². The summed E-state index contributed by atoms with van der Waals surface area (Å²) in [5.41, 5.74) is 8.06. The lowest BCUT2D eigenvalue weighted by Crippen LogP contribution is -2.26. The third-order valence-electron chi connectivity index (χ3n) is 2.60. The van der Waals surface area contributed by atoms with Crippen molar-refractivity contribution in [2.75, 3.05) is 24.2 Å². The average molecular weight is 282 g/mol. The molecule has 0 unspecified atom stereocenters. The number of benzene rings is 1. The molecule has 100 valence electrons. The molecule has 2 nitrogen and oxygen atoms in total. The van der Waals surface area contributed by atoms with Crippen molar-refractivity contribution >= 4 is 34.7 Å². The SMILES string of the molecule is CCSc1cccc(N(C)CC(C)C)c1C(N)=S. The smallest absolute Gasteiger partial charge is 0.107 e. The fraction of sp³-hybridized carbons (Fsp3) is 0.500. The molecule has 1 aromatic carbocycles. The largest absolute Gasteiger partial charge is 0.389 e. The van der Waals surface area contributed by atoms with E-state index >= 15 is 0 Å². The summed E-state index contributed by atoms with van der Waals surface area (Å²) in [6.45, 7) is 7.55. The van der Waals surface area contributed by atoms with Crippen LogP contribution in [0.15, 0.2) is 23.1 Å². The van der Waals surface area contributed by atoms with Crippen molar-refractivity contribution in [1.29, 1.82) is 0 Å². The lowest BCUT2D eigenvalue weighted by molar-refractivity contribution is 0.638. The molecule has 0 radical (unpaired) electrons. The number of nitrogens with two attached hydrogens (primary N) is 1. The topological polar surface area (TPSA) is 29.3 Å². The zero-order chi connectivity index (χ0) is 13.7. The van der Waals surface area contributed by atoms with Gasteiger partial charge < -0.3 is 10.6 Å². The van der Waals surface area contributed by atoms with Gasteiger partial charge >= 0.3 is 0 Å². The molecule has 0 aliphatic carbocycles. The Bertz CT molecular complexity index is 416. The Morgan fingerprint density at radius 3 is 2.61 bits per heavy atom. The highest BCUT2D eigenvalue weighted by molar-refractivity contribution is 7.99. The van der Waals surface area contributed by atoms with Crippen LogP contribution in [0.5, 0.6) is 0 Å². The minimum Gasteiger partial charge on any atom is -0.389 e. The number of thioether (sulfide) groups is 1. The van der Waals surface area contributed by atoms with Crippen molar-refractivity contribution in [2.24, 2.45) is 11.7 Å². The fourth-order valence-corrected chi connectivity index (χ4v) is 3.13. The van der Waals surface area contributed by atoms with Gasteiger partial charge in [-0.05, 0) is 23.8 Å². The Hall–Kier alpha value is -0.740. The molecule has 0 fully saturated rings. The molecule has 4 heteroatoms. The van der Waals surface area contributed by atoms with Gasteiger partial charge in [-0.3, -0.25) is 0 Å². The summed E-state index contributed by atoms with van der Waals surface area (Å²) >= 11 is 7.01. The molecular weight excluding hydrogens is 260 g/mol. The average Bonchev–Trinajstić information content (AvgIpc) is 2.27. The Morgan fingerprint density at radius 2 is 2.11 bits per heavy atom. The van der Waals surface area contributed by atoms with Crippen LogP contribution in [0.1, 0.15) is 26.3 Å². The molecular formula is C14H22N2S2. The molecule has 0 aliphatic rings. The van der Waals surface area contributed by atoms with Crippen LogP contribution >= 0.6 is 24.0 Å². The van der Waals surface area contributed by atoms with Crippen LogP contribution in [-0.4, -0.2) is 24.3 Å². The first-order valence-electron chi connectivity index (χ1n) is 6.24. The molecule has 0 atom stereocenters. The van der Waals surface area contributed by atoms with E-state index in [2.05, 4.69) is 50.9 Å². The van der Waals surface area contributed by atoms with E-state index in [-0.39, 0.29) is 0 Å². The molecule has 0 aliphatic heterocycles. The van der Waals surface area contributed by atoms with Crippen LogP contribution in [0.3, 0.4) is 0 Å². The lowest BCUT2D eigenvalue weighted by atomic mass is 10.1. The standard InChI is InChI=1S/C14H22N2S2/c1-5-18-12-8-6-7-11(13(12)14(15)17)16(4)9-10(2)3/h6-8,10H,5,9H2,1-4H3,(H2,15,17). The molecule has 0 heterocycles. The minimum atomic E-state index is 0.483. The summed E-state index contributed by atoms with van der Waals surface area (Å²) < 4.78 is 0. The van der Waals surface area contributed by atoms with Gasteiger partial charge in [0.05, 0.1) is 0 Å². The Balaban J connectivity index is 3.17. The van der Waals surface area contributed by atoms with Crippen molar-refractivity contribution in [3.63, 3.8) is 0 Å². The Morgan fingerprint density at radius 1 is 1.44 bits per heavy atom. The van der Waals surface area contributed by atoms with Gasteiger partial charge in [0.1, 0.15) is 4.99 Å². The van der Waals surface area contributed by atoms with E-state index in [0.29, 0.717) is 10.9 Å².